The summed E-state index contributed by atoms with van der Waals surface area (Å²) < 4.78 is 9.65. The second-order valence-corrected chi connectivity index (χ2v) is 6.46. The molecule has 1 fully saturated rings. The number of aryl methyl sites for hydroxylation is 1. The maximum absolute atomic E-state index is 11.6. The Hall–Kier alpha value is -2.15. The van der Waals surface area contributed by atoms with Crippen LogP contribution < -0.4 is 15.4 Å². The van der Waals surface area contributed by atoms with Gasteiger partial charge in [-0.2, -0.15) is 4.37 Å². The summed E-state index contributed by atoms with van der Waals surface area (Å²) in [5.41, 5.74) is 1.12. The molecule has 1 amide bonds. The summed E-state index contributed by atoms with van der Waals surface area (Å²) in [5.74, 6) is 1.41. The smallest absolute Gasteiger partial charge is 0.258 e. The van der Waals surface area contributed by atoms with E-state index in [0.717, 1.165) is 29.4 Å². The van der Waals surface area contributed by atoms with Gasteiger partial charge in [-0.3, -0.25) is 4.79 Å². The molecule has 0 saturated heterocycles. The summed E-state index contributed by atoms with van der Waals surface area (Å²) in [6.07, 6.45) is 2.17. The summed E-state index contributed by atoms with van der Waals surface area (Å²) in [4.78, 5) is 15.9. The van der Waals surface area contributed by atoms with E-state index in [1.165, 1.54) is 11.5 Å². The number of ether oxygens (including phenoxy) is 1. The van der Waals surface area contributed by atoms with Gasteiger partial charge in [0.1, 0.15) is 11.6 Å². The van der Waals surface area contributed by atoms with Crippen LogP contribution in [0.3, 0.4) is 0 Å². The molecular formula is C16H20N4O2S. The Balaban J connectivity index is 1.50. The van der Waals surface area contributed by atoms with Crippen molar-refractivity contribution in [2.75, 3.05) is 11.9 Å². The van der Waals surface area contributed by atoms with E-state index in [2.05, 4.69) is 26.9 Å². The molecular weight excluding hydrogens is 312 g/mol. The molecule has 2 N–H and O–H groups in total. The topological polar surface area (TPSA) is 76.1 Å². The average molecular weight is 332 g/mol. The molecule has 1 aliphatic rings. The van der Waals surface area contributed by atoms with Crippen LogP contribution in [0.4, 0.5) is 5.13 Å². The number of nitrogens with one attached hydrogen (secondary N) is 2. The molecule has 1 aliphatic carbocycles. The number of hydrogen-bond acceptors (Lipinski definition) is 6. The van der Waals surface area contributed by atoms with Crippen LogP contribution in [0.5, 0.6) is 5.75 Å². The molecule has 0 aliphatic heterocycles. The van der Waals surface area contributed by atoms with Crippen LogP contribution in [-0.2, 0) is 4.79 Å². The third kappa shape index (κ3) is 4.66. The highest BCUT2D eigenvalue weighted by atomic mass is 32.1. The molecule has 1 aromatic carbocycles. The van der Waals surface area contributed by atoms with E-state index >= 15 is 0 Å². The number of carbonyl (C=O) groups excluding carboxylic acids is 1. The maximum atomic E-state index is 11.6. The predicted molar refractivity (Wildman–Crippen MR) is 89.8 cm³/mol. The zero-order valence-corrected chi connectivity index (χ0v) is 14.0. The van der Waals surface area contributed by atoms with Gasteiger partial charge in [0.15, 0.2) is 6.61 Å². The van der Waals surface area contributed by atoms with Crippen molar-refractivity contribution in [2.24, 2.45) is 0 Å². The van der Waals surface area contributed by atoms with Crippen LogP contribution >= 0.6 is 11.5 Å². The van der Waals surface area contributed by atoms with Crippen LogP contribution in [0.1, 0.15) is 37.2 Å². The monoisotopic (exact) mass is 332 g/mol. The molecule has 1 saturated carbocycles. The zero-order chi connectivity index (χ0) is 16.2. The number of carbonyl (C=O) groups is 1. The second kappa shape index (κ2) is 6.95. The minimum atomic E-state index is -0.0572. The summed E-state index contributed by atoms with van der Waals surface area (Å²) in [6, 6.07) is 8.21. The van der Waals surface area contributed by atoms with Gasteiger partial charge < -0.3 is 15.4 Å². The first-order valence-corrected chi connectivity index (χ1v) is 8.46. The van der Waals surface area contributed by atoms with Gasteiger partial charge in [0.05, 0.1) is 6.04 Å². The van der Waals surface area contributed by atoms with Crippen molar-refractivity contribution in [3.63, 3.8) is 0 Å². The van der Waals surface area contributed by atoms with Crippen molar-refractivity contribution in [3.05, 3.63) is 35.7 Å². The normalized spacial score (nSPS) is 15.0. The molecule has 0 bridgehead atoms. The number of rotatable bonds is 7. The fourth-order valence-corrected chi connectivity index (χ4v) is 2.78. The molecule has 2 aromatic rings. The number of amides is 1. The Kier molecular flexibility index (Phi) is 4.76. The quantitative estimate of drug-likeness (QED) is 0.815. The minimum Gasteiger partial charge on any atom is -0.484 e. The van der Waals surface area contributed by atoms with E-state index in [0.29, 0.717) is 11.8 Å². The second-order valence-electron chi connectivity index (χ2n) is 5.71. The van der Waals surface area contributed by atoms with Gasteiger partial charge in [-0.1, -0.05) is 12.1 Å². The van der Waals surface area contributed by atoms with E-state index < -0.39 is 0 Å². The first-order valence-electron chi connectivity index (χ1n) is 7.69. The molecule has 122 valence electrons. The molecule has 0 spiro atoms. The summed E-state index contributed by atoms with van der Waals surface area (Å²) >= 11 is 1.36. The molecule has 1 atom stereocenters. The lowest BCUT2D eigenvalue weighted by atomic mass is 10.1. The minimum absolute atomic E-state index is 0.0572. The number of aromatic nitrogens is 2. The van der Waals surface area contributed by atoms with Crippen LogP contribution in [0.2, 0.25) is 0 Å². The highest BCUT2D eigenvalue weighted by molar-refractivity contribution is 7.09. The third-order valence-corrected chi connectivity index (χ3v) is 4.30. The molecule has 1 aromatic heterocycles. The standard InChI is InChI=1S/C16H20N4O2S/c1-10(17-16-18-11(2)20-23-16)12-3-7-14(8-4-12)22-9-15(21)19-13-5-6-13/h3-4,7-8,10,13H,5-6,9H2,1-2H3,(H,19,21)(H,17,18,20)/t10-/m0/s1. The van der Waals surface area contributed by atoms with Gasteiger partial charge in [-0.15, -0.1) is 0 Å². The number of nitrogens with zero attached hydrogens (tertiary/aromatic N) is 2. The Morgan fingerprint density at radius 2 is 2.13 bits per heavy atom. The first kappa shape index (κ1) is 15.7. The maximum Gasteiger partial charge on any atom is 0.258 e. The van der Waals surface area contributed by atoms with E-state index in [4.69, 9.17) is 4.74 Å². The summed E-state index contributed by atoms with van der Waals surface area (Å²) in [7, 11) is 0. The van der Waals surface area contributed by atoms with Crippen molar-refractivity contribution < 1.29 is 9.53 Å². The van der Waals surface area contributed by atoms with Crippen molar-refractivity contribution >= 4 is 22.6 Å². The van der Waals surface area contributed by atoms with Crippen LogP contribution in [0.15, 0.2) is 24.3 Å². The lowest BCUT2D eigenvalue weighted by molar-refractivity contribution is -0.123. The molecule has 3 rings (SSSR count). The number of anilines is 1. The molecule has 6 nitrogen and oxygen atoms in total. The summed E-state index contributed by atoms with van der Waals surface area (Å²) in [5, 5.41) is 7.03. The Bertz CT molecular complexity index is 667. The largest absolute Gasteiger partial charge is 0.484 e. The third-order valence-electron chi connectivity index (χ3n) is 3.56. The molecule has 23 heavy (non-hydrogen) atoms. The predicted octanol–water partition coefficient (Wildman–Crippen LogP) is 2.68. The Morgan fingerprint density at radius 3 is 2.74 bits per heavy atom. The van der Waals surface area contributed by atoms with Crippen LogP contribution in [0.25, 0.3) is 0 Å². The van der Waals surface area contributed by atoms with Gasteiger partial charge in [0, 0.05) is 17.6 Å². The van der Waals surface area contributed by atoms with Crippen molar-refractivity contribution in [3.8, 4) is 5.75 Å². The van der Waals surface area contributed by atoms with Gasteiger partial charge >= 0.3 is 0 Å². The number of hydrogen-bond donors (Lipinski definition) is 2. The number of benzene rings is 1. The molecule has 7 heteroatoms. The highest BCUT2D eigenvalue weighted by Crippen LogP contribution is 2.23. The van der Waals surface area contributed by atoms with Crippen molar-refractivity contribution in [1.29, 1.82) is 0 Å². The van der Waals surface area contributed by atoms with E-state index in [-0.39, 0.29) is 18.6 Å². The van der Waals surface area contributed by atoms with Gasteiger partial charge in [-0.25, -0.2) is 4.98 Å². The highest BCUT2D eigenvalue weighted by Gasteiger charge is 2.23. The van der Waals surface area contributed by atoms with Gasteiger partial charge in [0.2, 0.25) is 5.13 Å². The van der Waals surface area contributed by atoms with E-state index in [1.807, 2.05) is 31.2 Å². The van der Waals surface area contributed by atoms with Crippen molar-refractivity contribution in [2.45, 2.75) is 38.8 Å². The SMILES string of the molecule is Cc1nsc(N[C@@H](C)c2ccc(OCC(=O)NC3CC3)cc2)n1. The zero-order valence-electron chi connectivity index (χ0n) is 13.2. The van der Waals surface area contributed by atoms with E-state index in [9.17, 15) is 4.79 Å². The molecule has 1 heterocycles. The van der Waals surface area contributed by atoms with Gasteiger partial charge in [-0.05, 0) is 44.4 Å². The lowest BCUT2D eigenvalue weighted by Gasteiger charge is -2.14. The van der Waals surface area contributed by atoms with Crippen molar-refractivity contribution in [1.82, 2.24) is 14.7 Å². The average Bonchev–Trinajstić information content (AvgIpc) is 3.26. The summed E-state index contributed by atoms with van der Waals surface area (Å²) in [6.45, 7) is 4.00. The first-order chi connectivity index (χ1) is 11.1. The Morgan fingerprint density at radius 1 is 1.39 bits per heavy atom. The van der Waals surface area contributed by atoms with Crippen LogP contribution in [-0.4, -0.2) is 27.9 Å². The fourth-order valence-electron chi connectivity index (χ4n) is 2.12. The van der Waals surface area contributed by atoms with Gasteiger partial charge in [0.25, 0.3) is 5.91 Å². The van der Waals surface area contributed by atoms with Crippen LogP contribution in [0, 0.1) is 6.92 Å². The Labute approximate surface area is 139 Å². The lowest BCUT2D eigenvalue weighted by Crippen LogP contribution is -2.30. The molecule has 0 radical (unpaired) electrons. The fraction of sp³-hybridized carbons (Fsp3) is 0.438. The molecule has 0 unspecified atom stereocenters. The van der Waals surface area contributed by atoms with E-state index in [1.54, 1.807) is 0 Å².